The van der Waals surface area contributed by atoms with Gasteiger partial charge >= 0.3 is 0 Å². The molecule has 4 rings (SSSR count). The van der Waals surface area contributed by atoms with Crippen molar-refractivity contribution in [2.75, 3.05) is 54.5 Å². The smallest absolute Gasteiger partial charge is 0.271 e. The number of carbonyl (C=O) groups excluding carboxylic acids is 3. The summed E-state index contributed by atoms with van der Waals surface area (Å²) in [6.45, 7) is 15.9. The first-order chi connectivity index (χ1) is 27.2. The highest BCUT2D eigenvalue weighted by Gasteiger charge is 2.51. The first-order valence-electron chi connectivity index (χ1n) is 20.8. The predicted octanol–water partition coefficient (Wildman–Crippen LogP) is 1.99. The van der Waals surface area contributed by atoms with Crippen LogP contribution in [0.1, 0.15) is 96.8 Å². The Morgan fingerprint density at radius 2 is 1.81 bits per heavy atom. The average Bonchev–Trinajstić information content (AvgIpc) is 3.59. The van der Waals surface area contributed by atoms with Crippen LogP contribution in [0.3, 0.4) is 0 Å². The van der Waals surface area contributed by atoms with Crippen LogP contribution in [0, 0.1) is 24.7 Å². The van der Waals surface area contributed by atoms with Crippen molar-refractivity contribution in [1.29, 1.82) is 0 Å². The molecule has 0 aromatic carbocycles. The first-order valence-corrected chi connectivity index (χ1v) is 20.8. The number of hydrogen-bond acceptors (Lipinski definition) is 13. The molecule has 3 aliphatic rings. The highest BCUT2D eigenvalue weighted by molar-refractivity contribution is 5.92. The Balaban J connectivity index is 1.67. The second-order valence-corrected chi connectivity index (χ2v) is 17.7. The van der Waals surface area contributed by atoms with Gasteiger partial charge in [-0.2, -0.15) is 5.10 Å². The Labute approximate surface area is 344 Å². The topological polar surface area (TPSA) is 206 Å². The molecule has 0 saturated carbocycles. The maximum atomic E-state index is 13.9. The molecule has 0 spiro atoms. The molecule has 17 heteroatoms. The van der Waals surface area contributed by atoms with Crippen LogP contribution in [0.15, 0.2) is 6.07 Å². The second kappa shape index (κ2) is 20.7. The van der Waals surface area contributed by atoms with E-state index in [0.717, 1.165) is 5.69 Å². The zero-order valence-corrected chi connectivity index (χ0v) is 36.8. The summed E-state index contributed by atoms with van der Waals surface area (Å²) < 4.78 is 38.9. The summed E-state index contributed by atoms with van der Waals surface area (Å²) >= 11 is 0. The van der Waals surface area contributed by atoms with Gasteiger partial charge in [-0.15, -0.1) is 0 Å². The largest absolute Gasteiger partial charge is 0.387 e. The number of aliphatic hydroxyl groups excluding tert-OH is 1. The second-order valence-electron chi connectivity index (χ2n) is 17.7. The number of aromatic nitrogens is 2. The summed E-state index contributed by atoms with van der Waals surface area (Å²) in [7, 11) is 7.20. The third kappa shape index (κ3) is 12.2. The van der Waals surface area contributed by atoms with Crippen molar-refractivity contribution in [3.05, 3.63) is 17.5 Å². The lowest BCUT2D eigenvalue weighted by molar-refractivity contribution is -0.320. The molecule has 4 unspecified atom stereocenters. The highest BCUT2D eigenvalue weighted by atomic mass is 16.7. The van der Waals surface area contributed by atoms with Crippen molar-refractivity contribution in [1.82, 2.24) is 30.6 Å². The van der Waals surface area contributed by atoms with Crippen LogP contribution in [0.4, 0.5) is 0 Å². The maximum Gasteiger partial charge on any atom is 0.271 e. The molecule has 3 amide bonds. The molecule has 0 bridgehead atoms. The fraction of sp³-hybridized carbons (Fsp3) is 0.854. The number of likely N-dealkylation sites (N-methyl/N-ethyl adjacent to an activating group) is 1. The molecule has 0 radical (unpaired) electrons. The highest BCUT2D eigenvalue weighted by Crippen LogP contribution is 2.39. The normalized spacial score (nSPS) is 38.6. The number of nitrogens with one attached hydrogen (secondary N) is 3. The van der Waals surface area contributed by atoms with Gasteiger partial charge in [-0.3, -0.25) is 19.5 Å². The van der Waals surface area contributed by atoms with Gasteiger partial charge in [-0.1, -0.05) is 20.8 Å². The molecule has 1 aromatic heterocycles. The zero-order valence-electron chi connectivity index (χ0n) is 36.8. The predicted molar refractivity (Wildman–Crippen MR) is 215 cm³/mol. The molecule has 58 heavy (non-hydrogen) atoms. The van der Waals surface area contributed by atoms with Gasteiger partial charge in [0.25, 0.3) is 5.91 Å². The number of rotatable bonds is 12. The summed E-state index contributed by atoms with van der Waals surface area (Å²) in [4.78, 5) is 43.2. The lowest BCUT2D eigenvalue weighted by atomic mass is 9.77. The van der Waals surface area contributed by atoms with E-state index < -0.39 is 66.1 Å². The van der Waals surface area contributed by atoms with E-state index in [1.165, 1.54) is 7.11 Å². The minimum Gasteiger partial charge on any atom is -0.387 e. The van der Waals surface area contributed by atoms with Gasteiger partial charge in [0.15, 0.2) is 12.6 Å². The number of H-pyrrole nitrogens is 1. The van der Waals surface area contributed by atoms with Gasteiger partial charge in [-0.25, -0.2) is 0 Å². The van der Waals surface area contributed by atoms with Crippen molar-refractivity contribution in [3.63, 3.8) is 0 Å². The molecule has 17 nitrogen and oxygen atoms in total. The standard InChI is InChI=1S/C41H72N6O11/c1-23-20-40(7,52)36(58-39-34(30(46(9)10)19-25(3)55-39)54-17-13-15-42-38(51)29-18-24(2)44-45-29)26(4)33(27(5)37(50)43-16-14-31(48)47(11)22-23)57-32-21-41(8,53-12)35(49)28(6)56-32/h18,23,25-28,30,32-36,39,49,52H,13-17,19-22H2,1-12H3,(H,42,51)(H,43,50)(H,44,45)/t23-,25-,26+,27?,28+,30+,32+,33?,34-,35+,36-,39?,40?,41-/m1/s1. The van der Waals surface area contributed by atoms with Crippen LogP contribution in [0.25, 0.3) is 0 Å². The number of nitrogens with zero attached hydrogens (tertiary/aromatic N) is 3. The van der Waals surface area contributed by atoms with Gasteiger partial charge in [0, 0.05) is 70.9 Å². The van der Waals surface area contributed by atoms with Gasteiger partial charge in [-0.05, 0) is 80.0 Å². The van der Waals surface area contributed by atoms with E-state index >= 15 is 0 Å². The van der Waals surface area contributed by atoms with Crippen LogP contribution in [-0.4, -0.2) is 169 Å². The molecule has 4 heterocycles. The number of aromatic amines is 1. The van der Waals surface area contributed by atoms with Crippen LogP contribution in [0.2, 0.25) is 0 Å². The Bertz CT molecular complexity index is 1500. The fourth-order valence-electron chi connectivity index (χ4n) is 8.81. The summed E-state index contributed by atoms with van der Waals surface area (Å²) in [6.07, 6.45) is -4.35. The lowest BCUT2D eigenvalue weighted by Gasteiger charge is -2.49. The zero-order chi connectivity index (χ0) is 43.1. The lowest BCUT2D eigenvalue weighted by Crippen LogP contribution is -2.61. The van der Waals surface area contributed by atoms with Crippen LogP contribution in [-0.2, 0) is 38.0 Å². The van der Waals surface area contributed by atoms with Gasteiger partial charge in [0.2, 0.25) is 11.8 Å². The van der Waals surface area contributed by atoms with E-state index in [2.05, 4.69) is 25.7 Å². The molecule has 3 fully saturated rings. The molecule has 14 atom stereocenters. The minimum absolute atomic E-state index is 0.123. The first kappa shape index (κ1) is 47.9. The Hall–Kier alpha value is -2.74. The average molecular weight is 825 g/mol. The van der Waals surface area contributed by atoms with Crippen molar-refractivity contribution < 1.29 is 53.0 Å². The van der Waals surface area contributed by atoms with Gasteiger partial charge < -0.3 is 59.1 Å². The number of carbonyl (C=O) groups is 3. The van der Waals surface area contributed by atoms with Crippen LogP contribution >= 0.6 is 0 Å². The SMILES string of the molecule is CO[C@]1(C)C[C@H](OC2C(C)C(=O)NCCC(=O)N(C)C[C@H](C)CC(C)(O)[C@H](OC3O[C@H](C)C[C@H](N(C)C)[C@H]3OCCCNC(=O)c3cc(C)[nH]n3)[C@H]2C)O[C@@H](C)[C@@H]1O. The number of aryl methyl sites for hydroxylation is 1. The molecule has 3 aliphatic heterocycles. The number of ether oxygens (including phenoxy) is 6. The Morgan fingerprint density at radius 3 is 2.45 bits per heavy atom. The Kier molecular flexibility index (Phi) is 17.1. The number of methoxy groups -OCH3 is 1. The molecule has 1 aromatic rings. The number of hydrogen-bond donors (Lipinski definition) is 5. The van der Waals surface area contributed by atoms with E-state index in [-0.39, 0.29) is 68.2 Å². The number of aliphatic hydroxyl groups is 2. The summed E-state index contributed by atoms with van der Waals surface area (Å²) in [6, 6.07) is 1.56. The number of amides is 3. The maximum absolute atomic E-state index is 13.9. The van der Waals surface area contributed by atoms with E-state index in [1.54, 1.807) is 45.7 Å². The van der Waals surface area contributed by atoms with Crippen molar-refractivity contribution >= 4 is 17.7 Å². The monoisotopic (exact) mass is 825 g/mol. The van der Waals surface area contributed by atoms with Gasteiger partial charge in [0.1, 0.15) is 17.9 Å². The van der Waals surface area contributed by atoms with E-state index in [1.807, 2.05) is 41.8 Å². The van der Waals surface area contributed by atoms with E-state index in [9.17, 15) is 24.6 Å². The fourth-order valence-corrected chi connectivity index (χ4v) is 8.81. The summed E-state index contributed by atoms with van der Waals surface area (Å²) in [5.74, 6) is -2.32. The molecular formula is C41H72N6O11. The van der Waals surface area contributed by atoms with E-state index in [4.69, 9.17) is 28.4 Å². The van der Waals surface area contributed by atoms with Crippen molar-refractivity contribution in [3.8, 4) is 0 Å². The quantitative estimate of drug-likeness (QED) is 0.192. The molecule has 0 aliphatic carbocycles. The minimum atomic E-state index is -1.53. The summed E-state index contributed by atoms with van der Waals surface area (Å²) in [5, 5.41) is 36.2. The summed E-state index contributed by atoms with van der Waals surface area (Å²) in [5.41, 5.74) is -1.41. The Morgan fingerprint density at radius 1 is 1.10 bits per heavy atom. The molecule has 3 saturated heterocycles. The van der Waals surface area contributed by atoms with Crippen molar-refractivity contribution in [2.24, 2.45) is 17.8 Å². The third-order valence-electron chi connectivity index (χ3n) is 12.1. The molecule has 332 valence electrons. The molecule has 5 N–H and O–H groups in total. The van der Waals surface area contributed by atoms with Crippen molar-refractivity contribution in [2.45, 2.75) is 154 Å². The van der Waals surface area contributed by atoms with Crippen LogP contribution in [0.5, 0.6) is 0 Å². The van der Waals surface area contributed by atoms with Crippen LogP contribution < -0.4 is 10.6 Å². The van der Waals surface area contributed by atoms with Gasteiger partial charge in [0.05, 0.1) is 41.5 Å². The van der Waals surface area contributed by atoms with E-state index in [0.29, 0.717) is 31.6 Å². The third-order valence-corrected chi connectivity index (χ3v) is 12.1. The molecular weight excluding hydrogens is 752 g/mol.